The van der Waals surface area contributed by atoms with Crippen LogP contribution in [0.25, 0.3) is 0 Å². The van der Waals surface area contributed by atoms with E-state index in [4.69, 9.17) is 4.98 Å². The quantitative estimate of drug-likeness (QED) is 0.865. The average Bonchev–Trinajstić information content (AvgIpc) is 3.24. The lowest BCUT2D eigenvalue weighted by atomic mass is 10.1. The van der Waals surface area contributed by atoms with Gasteiger partial charge in [0.25, 0.3) is 0 Å². The summed E-state index contributed by atoms with van der Waals surface area (Å²) in [5, 5.41) is 12.9. The molecule has 2 fully saturated rings. The Bertz CT molecular complexity index is 439. The lowest BCUT2D eigenvalue weighted by Gasteiger charge is -2.30. The fourth-order valence-corrected chi connectivity index (χ4v) is 2.51. The summed E-state index contributed by atoms with van der Waals surface area (Å²) in [5.74, 6) is 3.49. The van der Waals surface area contributed by atoms with Crippen LogP contribution in [0.15, 0.2) is 6.07 Å². The molecule has 0 bridgehead atoms. The SMILES string of the molecule is CCNc1cc(N2CCC(O)CC2)nc(C2CC2)n1. The van der Waals surface area contributed by atoms with Crippen LogP contribution < -0.4 is 10.2 Å². The fraction of sp³-hybridized carbons (Fsp3) is 0.714. The minimum atomic E-state index is -0.144. The molecule has 2 N–H and O–H groups in total. The Morgan fingerprint density at radius 2 is 2.00 bits per heavy atom. The Labute approximate surface area is 114 Å². The first kappa shape index (κ1) is 12.7. The zero-order valence-corrected chi connectivity index (χ0v) is 11.5. The van der Waals surface area contributed by atoms with E-state index >= 15 is 0 Å². The third-order valence-corrected chi connectivity index (χ3v) is 3.82. The van der Waals surface area contributed by atoms with Crippen molar-refractivity contribution in [3.63, 3.8) is 0 Å². The molecule has 0 unspecified atom stereocenters. The molecule has 1 aromatic rings. The molecule has 0 radical (unpaired) electrons. The fourth-order valence-electron chi connectivity index (χ4n) is 2.51. The third kappa shape index (κ3) is 2.97. The second kappa shape index (κ2) is 5.33. The summed E-state index contributed by atoms with van der Waals surface area (Å²) in [6.45, 7) is 4.72. The van der Waals surface area contributed by atoms with Gasteiger partial charge in [0.05, 0.1) is 6.10 Å². The molecule has 3 rings (SSSR count). The minimum absolute atomic E-state index is 0.144. The van der Waals surface area contributed by atoms with Crippen LogP contribution in [0, 0.1) is 0 Å². The molecule has 2 aliphatic rings. The first-order valence-electron chi connectivity index (χ1n) is 7.32. The highest BCUT2D eigenvalue weighted by molar-refractivity contribution is 5.50. The van der Waals surface area contributed by atoms with Gasteiger partial charge in [-0.05, 0) is 32.6 Å². The van der Waals surface area contributed by atoms with Crippen molar-refractivity contribution in [3.8, 4) is 0 Å². The van der Waals surface area contributed by atoms with Crippen LogP contribution in [0.1, 0.15) is 44.3 Å². The topological polar surface area (TPSA) is 61.3 Å². The molecule has 1 saturated heterocycles. The van der Waals surface area contributed by atoms with Crippen LogP contribution in [0.3, 0.4) is 0 Å². The lowest BCUT2D eigenvalue weighted by molar-refractivity contribution is 0.145. The highest BCUT2D eigenvalue weighted by atomic mass is 16.3. The Balaban J connectivity index is 1.82. The minimum Gasteiger partial charge on any atom is -0.393 e. The van der Waals surface area contributed by atoms with Gasteiger partial charge in [0.1, 0.15) is 17.5 Å². The normalized spacial score (nSPS) is 20.6. The van der Waals surface area contributed by atoms with Crippen molar-refractivity contribution < 1.29 is 5.11 Å². The number of piperidine rings is 1. The maximum Gasteiger partial charge on any atom is 0.136 e. The average molecular weight is 262 g/mol. The summed E-state index contributed by atoms with van der Waals surface area (Å²) in [6, 6.07) is 2.03. The van der Waals surface area contributed by atoms with Crippen molar-refractivity contribution in [2.24, 2.45) is 0 Å². The van der Waals surface area contributed by atoms with Gasteiger partial charge in [0.15, 0.2) is 0 Å². The molecule has 0 amide bonds. The Morgan fingerprint density at radius 3 is 2.63 bits per heavy atom. The van der Waals surface area contributed by atoms with E-state index in [1.54, 1.807) is 0 Å². The predicted molar refractivity (Wildman–Crippen MR) is 75.6 cm³/mol. The van der Waals surface area contributed by atoms with Crippen molar-refractivity contribution in [3.05, 3.63) is 11.9 Å². The Hall–Kier alpha value is -1.36. The summed E-state index contributed by atoms with van der Waals surface area (Å²) in [5.41, 5.74) is 0. The largest absolute Gasteiger partial charge is 0.393 e. The van der Waals surface area contributed by atoms with Gasteiger partial charge < -0.3 is 15.3 Å². The van der Waals surface area contributed by atoms with Crippen LogP contribution in [-0.4, -0.2) is 40.8 Å². The van der Waals surface area contributed by atoms with Gasteiger partial charge in [-0.25, -0.2) is 9.97 Å². The predicted octanol–water partition coefficient (Wildman–Crippen LogP) is 1.75. The Morgan fingerprint density at radius 1 is 1.26 bits per heavy atom. The summed E-state index contributed by atoms with van der Waals surface area (Å²) >= 11 is 0. The van der Waals surface area contributed by atoms with Gasteiger partial charge in [0, 0.05) is 31.6 Å². The second-order valence-corrected chi connectivity index (χ2v) is 5.49. The van der Waals surface area contributed by atoms with Crippen molar-refractivity contribution in [1.29, 1.82) is 0 Å². The van der Waals surface area contributed by atoms with Gasteiger partial charge in [-0.1, -0.05) is 0 Å². The van der Waals surface area contributed by atoms with Crippen LogP contribution in [0.4, 0.5) is 11.6 Å². The molecule has 1 aliphatic heterocycles. The van der Waals surface area contributed by atoms with E-state index < -0.39 is 0 Å². The molecule has 19 heavy (non-hydrogen) atoms. The number of hydrogen-bond acceptors (Lipinski definition) is 5. The maximum absolute atomic E-state index is 9.59. The molecular weight excluding hydrogens is 240 g/mol. The van der Waals surface area contributed by atoms with Crippen molar-refractivity contribution in [2.45, 2.75) is 44.6 Å². The van der Waals surface area contributed by atoms with E-state index in [1.807, 2.05) is 6.07 Å². The summed E-state index contributed by atoms with van der Waals surface area (Å²) in [7, 11) is 0. The standard InChI is InChI=1S/C14H22N4O/c1-2-15-12-9-13(17-14(16-12)10-3-4-10)18-7-5-11(19)6-8-18/h9-11,19H,2-8H2,1H3,(H,15,16,17). The van der Waals surface area contributed by atoms with Gasteiger partial charge in [-0.2, -0.15) is 0 Å². The van der Waals surface area contributed by atoms with E-state index in [2.05, 4.69) is 22.1 Å². The van der Waals surface area contributed by atoms with Gasteiger partial charge in [-0.15, -0.1) is 0 Å². The van der Waals surface area contributed by atoms with E-state index in [0.29, 0.717) is 5.92 Å². The summed E-state index contributed by atoms with van der Waals surface area (Å²) in [4.78, 5) is 11.6. The van der Waals surface area contributed by atoms with Crippen molar-refractivity contribution in [2.75, 3.05) is 29.9 Å². The number of nitrogens with zero attached hydrogens (tertiary/aromatic N) is 3. The highest BCUT2D eigenvalue weighted by Crippen LogP contribution is 2.39. The molecule has 1 aromatic heterocycles. The van der Waals surface area contributed by atoms with E-state index in [-0.39, 0.29) is 6.10 Å². The number of aromatic nitrogens is 2. The number of hydrogen-bond donors (Lipinski definition) is 2. The number of aliphatic hydroxyl groups excluding tert-OH is 1. The van der Waals surface area contributed by atoms with E-state index in [1.165, 1.54) is 12.8 Å². The molecule has 0 spiro atoms. The monoisotopic (exact) mass is 262 g/mol. The first-order chi connectivity index (χ1) is 9.26. The van der Waals surface area contributed by atoms with E-state index in [0.717, 1.165) is 49.9 Å². The third-order valence-electron chi connectivity index (χ3n) is 3.82. The number of nitrogens with one attached hydrogen (secondary N) is 1. The summed E-state index contributed by atoms with van der Waals surface area (Å²) in [6.07, 6.45) is 3.95. The molecule has 5 nitrogen and oxygen atoms in total. The summed E-state index contributed by atoms with van der Waals surface area (Å²) < 4.78 is 0. The zero-order chi connectivity index (χ0) is 13.2. The van der Waals surface area contributed by atoms with Crippen molar-refractivity contribution in [1.82, 2.24) is 9.97 Å². The van der Waals surface area contributed by atoms with Crippen LogP contribution in [0.2, 0.25) is 0 Å². The molecule has 0 aromatic carbocycles. The number of anilines is 2. The lowest BCUT2D eigenvalue weighted by Crippen LogP contribution is -2.36. The molecule has 5 heteroatoms. The Kier molecular flexibility index (Phi) is 3.55. The first-order valence-corrected chi connectivity index (χ1v) is 7.32. The van der Waals surface area contributed by atoms with Gasteiger partial charge >= 0.3 is 0 Å². The van der Waals surface area contributed by atoms with Crippen molar-refractivity contribution >= 4 is 11.6 Å². The molecular formula is C14H22N4O. The van der Waals surface area contributed by atoms with Gasteiger partial charge in [-0.3, -0.25) is 0 Å². The molecule has 0 atom stereocenters. The zero-order valence-electron chi connectivity index (χ0n) is 11.5. The smallest absolute Gasteiger partial charge is 0.136 e. The van der Waals surface area contributed by atoms with Crippen LogP contribution in [-0.2, 0) is 0 Å². The number of aliphatic hydroxyl groups is 1. The van der Waals surface area contributed by atoms with Gasteiger partial charge in [0.2, 0.25) is 0 Å². The second-order valence-electron chi connectivity index (χ2n) is 5.49. The van der Waals surface area contributed by atoms with E-state index in [9.17, 15) is 5.11 Å². The number of rotatable bonds is 4. The molecule has 104 valence electrons. The molecule has 1 aliphatic carbocycles. The maximum atomic E-state index is 9.59. The molecule has 2 heterocycles. The highest BCUT2D eigenvalue weighted by Gasteiger charge is 2.28. The molecule has 1 saturated carbocycles. The van der Waals surface area contributed by atoms with Crippen LogP contribution in [0.5, 0.6) is 0 Å². The van der Waals surface area contributed by atoms with Crippen LogP contribution >= 0.6 is 0 Å².